The zero-order valence-corrected chi connectivity index (χ0v) is 10.3. The van der Waals surface area contributed by atoms with Crippen molar-refractivity contribution in [2.24, 2.45) is 0 Å². The minimum atomic E-state index is -2.55. The number of nitrogens with zero attached hydrogens (tertiary/aromatic N) is 1. The molecule has 1 rings (SSSR count). The third kappa shape index (κ3) is 2.28. The second-order valence-corrected chi connectivity index (χ2v) is 3.98. The molecule has 0 N–H and O–H groups in total. The average molecular weight is 364 g/mol. The first-order chi connectivity index (χ1) is 6.07. The molecule has 0 aliphatic carbocycles. The van der Waals surface area contributed by atoms with Crippen LogP contribution in [0.25, 0.3) is 0 Å². The number of alkyl halides is 2. The molecule has 0 spiro atoms. The van der Waals surface area contributed by atoms with Gasteiger partial charge in [0.2, 0.25) is 0 Å². The topological polar surface area (TPSA) is 22.1 Å². The molecule has 2 nitrogen and oxygen atoms in total. The van der Waals surface area contributed by atoms with Gasteiger partial charge in [0.15, 0.2) is 0 Å². The van der Waals surface area contributed by atoms with Crippen LogP contribution in [0, 0.1) is 3.57 Å². The predicted molar refractivity (Wildman–Crippen MR) is 56.2 cm³/mol. The summed E-state index contributed by atoms with van der Waals surface area (Å²) in [5.41, 5.74) is -0.120. The second kappa shape index (κ2) is 4.50. The Hall–Kier alpha value is 0.0200. The van der Waals surface area contributed by atoms with E-state index in [0.29, 0.717) is 8.17 Å². The fourth-order valence-electron chi connectivity index (χ4n) is 0.827. The van der Waals surface area contributed by atoms with E-state index in [9.17, 15) is 8.78 Å². The van der Waals surface area contributed by atoms with E-state index in [4.69, 9.17) is 4.74 Å². The van der Waals surface area contributed by atoms with Gasteiger partial charge in [-0.3, -0.25) is 0 Å². The van der Waals surface area contributed by atoms with Crippen molar-refractivity contribution in [2.45, 2.75) is 6.43 Å². The summed E-state index contributed by atoms with van der Waals surface area (Å²) >= 11 is 4.87. The lowest BCUT2D eigenvalue weighted by atomic mass is 10.2. The molecule has 0 bridgehead atoms. The van der Waals surface area contributed by atoms with Crippen LogP contribution in [0.3, 0.4) is 0 Å². The van der Waals surface area contributed by atoms with Gasteiger partial charge in [0.25, 0.3) is 6.43 Å². The molecule has 6 heteroatoms. The van der Waals surface area contributed by atoms with Gasteiger partial charge in [-0.25, -0.2) is 13.8 Å². The maximum Gasteiger partial charge on any atom is 0.268 e. The molecular formula is C7H5BrF2INO. The SMILES string of the molecule is COc1cnc(Br)c(I)c1C(F)F. The van der Waals surface area contributed by atoms with Crippen molar-refractivity contribution in [3.8, 4) is 5.75 Å². The summed E-state index contributed by atoms with van der Waals surface area (Å²) in [6.07, 6.45) is -1.28. The molecule has 0 unspecified atom stereocenters. The highest BCUT2D eigenvalue weighted by atomic mass is 127. The Balaban J connectivity index is 3.32. The summed E-state index contributed by atoms with van der Waals surface area (Å²) in [7, 11) is 1.34. The standard InChI is InChI=1S/C7H5BrF2INO/c1-13-3-2-12-6(8)5(11)4(3)7(9)10/h2,7H,1H3. The number of methoxy groups -OCH3 is 1. The number of hydrogen-bond donors (Lipinski definition) is 0. The normalized spacial score (nSPS) is 10.6. The Kier molecular flexibility index (Phi) is 3.84. The smallest absolute Gasteiger partial charge is 0.268 e. The first-order valence-electron chi connectivity index (χ1n) is 3.24. The van der Waals surface area contributed by atoms with Crippen molar-refractivity contribution >= 4 is 38.5 Å². The Morgan fingerprint density at radius 2 is 2.23 bits per heavy atom. The number of pyridine rings is 1. The molecule has 0 aliphatic heterocycles. The highest BCUT2D eigenvalue weighted by molar-refractivity contribution is 14.1. The summed E-state index contributed by atoms with van der Waals surface area (Å²) in [6.45, 7) is 0. The third-order valence-electron chi connectivity index (χ3n) is 1.42. The van der Waals surface area contributed by atoms with E-state index in [2.05, 4.69) is 20.9 Å². The van der Waals surface area contributed by atoms with Gasteiger partial charge in [0.05, 0.1) is 22.4 Å². The van der Waals surface area contributed by atoms with Crippen molar-refractivity contribution in [3.63, 3.8) is 0 Å². The van der Waals surface area contributed by atoms with Gasteiger partial charge in [-0.15, -0.1) is 0 Å². The van der Waals surface area contributed by atoms with E-state index in [-0.39, 0.29) is 11.3 Å². The fourth-order valence-corrected chi connectivity index (χ4v) is 1.78. The van der Waals surface area contributed by atoms with E-state index < -0.39 is 6.43 Å². The molecule has 0 amide bonds. The van der Waals surface area contributed by atoms with Crippen LogP contribution in [0.1, 0.15) is 12.0 Å². The highest BCUT2D eigenvalue weighted by Gasteiger charge is 2.20. The van der Waals surface area contributed by atoms with E-state index >= 15 is 0 Å². The monoisotopic (exact) mass is 363 g/mol. The van der Waals surface area contributed by atoms with Crippen LogP contribution in [-0.2, 0) is 0 Å². The Bertz CT molecular complexity index is 322. The van der Waals surface area contributed by atoms with Gasteiger partial charge in [0.1, 0.15) is 10.4 Å². The molecular weight excluding hydrogens is 359 g/mol. The highest BCUT2D eigenvalue weighted by Crippen LogP contribution is 2.35. The lowest BCUT2D eigenvalue weighted by molar-refractivity contribution is 0.145. The third-order valence-corrected chi connectivity index (χ3v) is 3.85. The Labute approximate surface area is 96.0 Å². The van der Waals surface area contributed by atoms with Crippen molar-refractivity contribution < 1.29 is 13.5 Å². The molecule has 1 heterocycles. The molecule has 0 aromatic carbocycles. The summed E-state index contributed by atoms with van der Waals surface area (Å²) < 4.78 is 30.6. The molecule has 0 radical (unpaired) electrons. The number of hydrogen-bond acceptors (Lipinski definition) is 2. The molecule has 0 saturated carbocycles. The summed E-state index contributed by atoms with van der Waals surface area (Å²) in [6, 6.07) is 0. The van der Waals surface area contributed by atoms with Gasteiger partial charge >= 0.3 is 0 Å². The van der Waals surface area contributed by atoms with E-state index in [1.54, 1.807) is 22.6 Å². The molecule has 72 valence electrons. The lowest BCUT2D eigenvalue weighted by Gasteiger charge is -2.09. The predicted octanol–water partition coefficient (Wildman–Crippen LogP) is 3.39. The molecule has 1 aromatic heterocycles. The number of ether oxygens (including phenoxy) is 1. The summed E-state index contributed by atoms with van der Waals surface area (Å²) in [5, 5.41) is 0. The average Bonchev–Trinajstić information content (AvgIpc) is 2.08. The minimum Gasteiger partial charge on any atom is -0.495 e. The molecule has 0 saturated heterocycles. The van der Waals surface area contributed by atoms with Crippen molar-refractivity contribution in [1.29, 1.82) is 0 Å². The zero-order valence-electron chi connectivity index (χ0n) is 6.52. The van der Waals surface area contributed by atoms with Crippen LogP contribution in [0.5, 0.6) is 5.75 Å². The van der Waals surface area contributed by atoms with Gasteiger partial charge in [-0.1, -0.05) is 0 Å². The summed E-state index contributed by atoms with van der Waals surface area (Å²) in [4.78, 5) is 3.84. The number of halogens is 4. The molecule has 13 heavy (non-hydrogen) atoms. The van der Waals surface area contributed by atoms with Gasteiger partial charge in [-0.2, -0.15) is 0 Å². The van der Waals surface area contributed by atoms with Crippen LogP contribution in [0.2, 0.25) is 0 Å². The zero-order chi connectivity index (χ0) is 10.0. The maximum absolute atomic E-state index is 12.5. The molecule has 0 fully saturated rings. The summed E-state index contributed by atoms with van der Waals surface area (Å²) in [5.74, 6) is 0.114. The van der Waals surface area contributed by atoms with Crippen LogP contribution < -0.4 is 4.74 Å². The van der Waals surface area contributed by atoms with Crippen LogP contribution in [-0.4, -0.2) is 12.1 Å². The Morgan fingerprint density at radius 1 is 1.62 bits per heavy atom. The maximum atomic E-state index is 12.5. The van der Waals surface area contributed by atoms with Crippen LogP contribution in [0.15, 0.2) is 10.8 Å². The molecule has 0 aliphatic rings. The second-order valence-electron chi connectivity index (χ2n) is 2.15. The van der Waals surface area contributed by atoms with Crippen LogP contribution >= 0.6 is 38.5 Å². The first kappa shape index (κ1) is 11.1. The fraction of sp³-hybridized carbons (Fsp3) is 0.286. The van der Waals surface area contributed by atoms with E-state index in [1.807, 2.05) is 0 Å². The van der Waals surface area contributed by atoms with Gasteiger partial charge in [0, 0.05) is 0 Å². The van der Waals surface area contributed by atoms with Crippen molar-refractivity contribution in [2.75, 3.05) is 7.11 Å². The van der Waals surface area contributed by atoms with Gasteiger partial charge in [-0.05, 0) is 38.5 Å². The quantitative estimate of drug-likeness (QED) is 0.593. The van der Waals surface area contributed by atoms with Gasteiger partial charge < -0.3 is 4.74 Å². The Morgan fingerprint density at radius 3 is 2.69 bits per heavy atom. The first-order valence-corrected chi connectivity index (χ1v) is 5.11. The number of aromatic nitrogens is 1. The van der Waals surface area contributed by atoms with E-state index in [1.165, 1.54) is 13.3 Å². The van der Waals surface area contributed by atoms with Crippen LogP contribution in [0.4, 0.5) is 8.78 Å². The van der Waals surface area contributed by atoms with Crippen molar-refractivity contribution in [3.05, 3.63) is 19.9 Å². The minimum absolute atomic E-state index is 0.114. The molecule has 1 aromatic rings. The lowest BCUT2D eigenvalue weighted by Crippen LogP contribution is -1.98. The largest absolute Gasteiger partial charge is 0.495 e. The van der Waals surface area contributed by atoms with E-state index in [0.717, 1.165) is 0 Å². The molecule has 0 atom stereocenters. The number of rotatable bonds is 2. The van der Waals surface area contributed by atoms with Crippen molar-refractivity contribution in [1.82, 2.24) is 4.98 Å².